The Kier molecular flexibility index (Phi) is 79.8. The Balaban J connectivity index is 3.34. The molecule has 0 aliphatic rings. The Labute approximate surface area is 576 Å². The highest BCUT2D eigenvalue weighted by molar-refractivity contribution is 5.76. The maximum absolute atomic E-state index is 12.5. The van der Waals surface area contributed by atoms with Gasteiger partial charge in [-0.3, -0.25) is 9.59 Å². The summed E-state index contributed by atoms with van der Waals surface area (Å²) in [7, 11) is 0. The minimum absolute atomic E-state index is 0.0217. The van der Waals surface area contributed by atoms with Crippen LogP contribution in [-0.4, -0.2) is 47.4 Å². The van der Waals surface area contributed by atoms with Crippen LogP contribution in [0.5, 0.6) is 0 Å². The summed E-state index contributed by atoms with van der Waals surface area (Å²) >= 11 is 0. The second-order valence-electron chi connectivity index (χ2n) is 29.2. The molecule has 1 amide bonds. The molecule has 0 heterocycles. The Hall–Kier alpha value is -1.92. The van der Waals surface area contributed by atoms with Crippen molar-refractivity contribution in [2.75, 3.05) is 13.2 Å². The average molecular weight is 1290 g/mol. The van der Waals surface area contributed by atoms with Crippen molar-refractivity contribution >= 4 is 11.9 Å². The first-order chi connectivity index (χ1) is 45.5. The SMILES string of the molecule is CCCCCCCC/C=C\CCCCCCCCCCCC(=O)OCCCCCCCCCCCCCCCCCC/C=C\CCCCCCCCCCCCCCCCCCCC(=O)NC(CO)C(O)/C=C/CCCCCCCCCCCCCCCCCCC. The van der Waals surface area contributed by atoms with Crippen molar-refractivity contribution in [2.45, 2.75) is 488 Å². The van der Waals surface area contributed by atoms with E-state index in [1.165, 1.54) is 411 Å². The van der Waals surface area contributed by atoms with E-state index in [4.69, 9.17) is 4.74 Å². The van der Waals surface area contributed by atoms with E-state index in [0.717, 1.165) is 38.5 Å². The Morgan fingerprint density at radius 1 is 0.293 bits per heavy atom. The number of unbranched alkanes of at least 4 members (excludes halogenated alkanes) is 65. The number of nitrogens with one attached hydrogen (secondary N) is 1. The van der Waals surface area contributed by atoms with E-state index < -0.39 is 12.1 Å². The molecule has 6 nitrogen and oxygen atoms in total. The second-order valence-corrected chi connectivity index (χ2v) is 29.2. The molecule has 0 saturated heterocycles. The first kappa shape index (κ1) is 90.1. The third kappa shape index (κ3) is 77.1. The summed E-state index contributed by atoms with van der Waals surface area (Å²) in [5.74, 6) is -0.0379. The van der Waals surface area contributed by atoms with Gasteiger partial charge in [0.15, 0.2) is 0 Å². The molecule has 6 heteroatoms. The fraction of sp³-hybridized carbons (Fsp3) is 0.907. The zero-order chi connectivity index (χ0) is 66.3. The molecular weight excluding hydrogens is 1130 g/mol. The number of ether oxygens (including phenoxy) is 1. The third-order valence-corrected chi connectivity index (χ3v) is 19.9. The molecule has 0 saturated carbocycles. The van der Waals surface area contributed by atoms with Gasteiger partial charge in [-0.1, -0.05) is 416 Å². The van der Waals surface area contributed by atoms with Crippen molar-refractivity contribution in [3.05, 3.63) is 36.5 Å². The standard InChI is InChI=1S/C86H165NO5/c1-3-5-7-9-11-13-15-17-19-21-42-46-50-54-58-62-66-70-74-78-84(89)83(82-88)87-85(90)79-75-71-67-63-59-55-51-47-44-40-38-36-34-32-30-28-26-24-23-25-27-29-31-33-35-37-39-41-45-49-53-57-61-65-69-73-77-81-92-86(91)80-76-72-68-64-60-56-52-48-43-22-20-18-16-14-12-10-8-6-4-2/h18,20,23,25,74,78,83-84,88-89H,3-17,19,21-22,24,26-73,75-77,79-82H2,1-2H3,(H,87,90)/b20-18-,25-23-,78-74+. The molecule has 2 unspecified atom stereocenters. The van der Waals surface area contributed by atoms with Gasteiger partial charge in [-0.2, -0.15) is 0 Å². The normalized spacial score (nSPS) is 12.6. The van der Waals surface area contributed by atoms with Gasteiger partial charge in [0, 0.05) is 12.8 Å². The van der Waals surface area contributed by atoms with Crippen molar-refractivity contribution in [1.82, 2.24) is 5.32 Å². The van der Waals surface area contributed by atoms with E-state index in [1.54, 1.807) is 6.08 Å². The van der Waals surface area contributed by atoms with Crippen LogP contribution in [0.1, 0.15) is 476 Å². The van der Waals surface area contributed by atoms with Gasteiger partial charge in [0.1, 0.15) is 0 Å². The van der Waals surface area contributed by atoms with Crippen LogP contribution >= 0.6 is 0 Å². The third-order valence-electron chi connectivity index (χ3n) is 19.9. The number of allylic oxidation sites excluding steroid dienone is 5. The summed E-state index contributed by atoms with van der Waals surface area (Å²) < 4.78 is 5.52. The fourth-order valence-corrected chi connectivity index (χ4v) is 13.5. The number of esters is 1. The van der Waals surface area contributed by atoms with Gasteiger partial charge in [0.25, 0.3) is 0 Å². The molecule has 0 aliphatic carbocycles. The summed E-state index contributed by atoms with van der Waals surface area (Å²) in [6, 6.07) is -0.626. The van der Waals surface area contributed by atoms with Crippen LogP contribution in [0.3, 0.4) is 0 Å². The van der Waals surface area contributed by atoms with Gasteiger partial charge in [-0.05, 0) is 83.5 Å². The summed E-state index contributed by atoms with van der Waals surface area (Å²) in [5, 5.41) is 23.3. The molecule has 0 bridgehead atoms. The molecule has 0 aliphatic heterocycles. The molecule has 0 rings (SSSR count). The number of hydrogen-bond donors (Lipinski definition) is 3. The molecule has 0 radical (unpaired) electrons. The summed E-state index contributed by atoms with van der Waals surface area (Å²) in [6.07, 6.45) is 107. The van der Waals surface area contributed by atoms with Crippen LogP contribution in [-0.2, 0) is 14.3 Å². The zero-order valence-electron chi connectivity index (χ0n) is 62.6. The average Bonchev–Trinajstić information content (AvgIpc) is 3.61. The summed E-state index contributed by atoms with van der Waals surface area (Å²) in [6.45, 7) is 4.95. The van der Waals surface area contributed by atoms with E-state index in [2.05, 4.69) is 43.5 Å². The molecule has 544 valence electrons. The lowest BCUT2D eigenvalue weighted by atomic mass is 10.0. The number of carbonyl (C=O) groups excluding carboxylic acids is 2. The quantitative estimate of drug-likeness (QED) is 0.0320. The van der Waals surface area contributed by atoms with Crippen molar-refractivity contribution in [1.29, 1.82) is 0 Å². The van der Waals surface area contributed by atoms with Crippen LogP contribution in [0.2, 0.25) is 0 Å². The van der Waals surface area contributed by atoms with E-state index in [-0.39, 0.29) is 18.5 Å². The predicted octanol–water partition coefficient (Wildman–Crippen LogP) is 28.2. The highest BCUT2D eigenvalue weighted by Crippen LogP contribution is 2.20. The number of aliphatic hydroxyl groups is 2. The summed E-state index contributed by atoms with van der Waals surface area (Å²) in [4.78, 5) is 24.7. The van der Waals surface area contributed by atoms with Gasteiger partial charge in [-0.15, -0.1) is 0 Å². The first-order valence-electron chi connectivity index (χ1n) is 42.3. The lowest BCUT2D eigenvalue weighted by molar-refractivity contribution is -0.143. The highest BCUT2D eigenvalue weighted by Gasteiger charge is 2.18. The summed E-state index contributed by atoms with van der Waals surface area (Å²) in [5.41, 5.74) is 0. The molecule has 2 atom stereocenters. The Bertz CT molecular complexity index is 1490. The molecule has 3 N–H and O–H groups in total. The zero-order valence-corrected chi connectivity index (χ0v) is 62.6. The molecular formula is C86H165NO5. The van der Waals surface area contributed by atoms with E-state index in [0.29, 0.717) is 19.4 Å². The number of amides is 1. The molecule has 0 spiro atoms. The molecule has 92 heavy (non-hydrogen) atoms. The van der Waals surface area contributed by atoms with E-state index >= 15 is 0 Å². The largest absolute Gasteiger partial charge is 0.466 e. The van der Waals surface area contributed by atoms with Crippen LogP contribution < -0.4 is 5.32 Å². The number of hydrogen-bond acceptors (Lipinski definition) is 5. The number of carbonyl (C=O) groups is 2. The fourth-order valence-electron chi connectivity index (χ4n) is 13.5. The minimum Gasteiger partial charge on any atom is -0.466 e. The van der Waals surface area contributed by atoms with Gasteiger partial charge in [-0.25, -0.2) is 0 Å². The van der Waals surface area contributed by atoms with Crippen molar-refractivity contribution < 1.29 is 24.5 Å². The monoisotopic (exact) mass is 1290 g/mol. The van der Waals surface area contributed by atoms with Gasteiger partial charge in [0.05, 0.1) is 25.4 Å². The van der Waals surface area contributed by atoms with Crippen molar-refractivity contribution in [3.8, 4) is 0 Å². The molecule has 0 aromatic heterocycles. The highest BCUT2D eigenvalue weighted by atomic mass is 16.5. The Morgan fingerprint density at radius 2 is 0.511 bits per heavy atom. The maximum Gasteiger partial charge on any atom is 0.305 e. The van der Waals surface area contributed by atoms with Crippen LogP contribution in [0.4, 0.5) is 0 Å². The van der Waals surface area contributed by atoms with Gasteiger partial charge >= 0.3 is 5.97 Å². The number of rotatable bonds is 80. The topological polar surface area (TPSA) is 95.9 Å². The molecule has 0 aromatic rings. The minimum atomic E-state index is -0.843. The van der Waals surface area contributed by atoms with Gasteiger partial charge < -0.3 is 20.3 Å². The first-order valence-corrected chi connectivity index (χ1v) is 42.3. The predicted molar refractivity (Wildman–Crippen MR) is 407 cm³/mol. The van der Waals surface area contributed by atoms with Crippen LogP contribution in [0.25, 0.3) is 0 Å². The van der Waals surface area contributed by atoms with E-state index in [1.807, 2.05) is 6.08 Å². The smallest absolute Gasteiger partial charge is 0.305 e. The van der Waals surface area contributed by atoms with Crippen LogP contribution in [0.15, 0.2) is 36.5 Å². The molecule has 0 fully saturated rings. The lowest BCUT2D eigenvalue weighted by Crippen LogP contribution is -2.45. The Morgan fingerprint density at radius 3 is 0.772 bits per heavy atom. The second kappa shape index (κ2) is 81.5. The number of aliphatic hydroxyl groups excluding tert-OH is 2. The molecule has 0 aromatic carbocycles. The lowest BCUT2D eigenvalue weighted by Gasteiger charge is -2.20. The van der Waals surface area contributed by atoms with Crippen molar-refractivity contribution in [3.63, 3.8) is 0 Å². The van der Waals surface area contributed by atoms with Gasteiger partial charge in [0.2, 0.25) is 5.91 Å². The van der Waals surface area contributed by atoms with Crippen molar-refractivity contribution in [2.24, 2.45) is 0 Å². The van der Waals surface area contributed by atoms with E-state index in [9.17, 15) is 19.8 Å². The maximum atomic E-state index is 12.5. The van der Waals surface area contributed by atoms with Crippen LogP contribution in [0, 0.1) is 0 Å².